The van der Waals surface area contributed by atoms with Crippen LogP contribution in [0.5, 0.6) is 0 Å². The molecule has 3 rings (SSSR count). The van der Waals surface area contributed by atoms with Crippen LogP contribution in [-0.2, 0) is 19.6 Å². The minimum atomic E-state index is -3.84. The highest BCUT2D eigenvalue weighted by Crippen LogP contribution is 2.24. The fourth-order valence-electron chi connectivity index (χ4n) is 3.40. The molecule has 2 N–H and O–H groups in total. The average Bonchev–Trinajstić information content (AvgIpc) is 3.25. The molecule has 2 amide bonds. The Morgan fingerprint density at radius 1 is 1.26 bits per heavy atom. The SMILES string of the molecule is CC(C)C(NC(=O)C1CCCN(S(=O)(=O)c2ccc(F)cc2)C1)C(=O)Nc1nccs1. The van der Waals surface area contributed by atoms with E-state index in [9.17, 15) is 22.4 Å². The number of nitrogens with one attached hydrogen (secondary N) is 2. The van der Waals surface area contributed by atoms with E-state index in [1.54, 1.807) is 11.6 Å². The zero-order chi connectivity index (χ0) is 22.6. The maximum absolute atomic E-state index is 13.2. The zero-order valence-corrected chi connectivity index (χ0v) is 18.9. The maximum Gasteiger partial charge on any atom is 0.248 e. The molecule has 2 atom stereocenters. The second-order valence-corrected chi connectivity index (χ2v) is 10.5. The molecule has 31 heavy (non-hydrogen) atoms. The van der Waals surface area contributed by atoms with Crippen molar-refractivity contribution in [1.29, 1.82) is 0 Å². The summed E-state index contributed by atoms with van der Waals surface area (Å²) in [5.74, 6) is -2.02. The first-order valence-corrected chi connectivity index (χ1v) is 12.3. The number of amides is 2. The van der Waals surface area contributed by atoms with Crippen LogP contribution in [0, 0.1) is 17.7 Å². The van der Waals surface area contributed by atoms with E-state index in [0.29, 0.717) is 18.0 Å². The van der Waals surface area contributed by atoms with E-state index in [2.05, 4.69) is 15.6 Å². The van der Waals surface area contributed by atoms with Crippen molar-refractivity contribution < 1.29 is 22.4 Å². The molecule has 168 valence electrons. The topological polar surface area (TPSA) is 108 Å². The van der Waals surface area contributed by atoms with Gasteiger partial charge in [0.1, 0.15) is 11.9 Å². The molecule has 8 nitrogen and oxygen atoms in total. The number of aromatic nitrogens is 1. The van der Waals surface area contributed by atoms with Crippen LogP contribution in [0.3, 0.4) is 0 Å². The van der Waals surface area contributed by atoms with Crippen LogP contribution in [0.15, 0.2) is 40.7 Å². The van der Waals surface area contributed by atoms with Crippen LogP contribution in [0.4, 0.5) is 9.52 Å². The van der Waals surface area contributed by atoms with Crippen molar-refractivity contribution in [3.8, 4) is 0 Å². The van der Waals surface area contributed by atoms with Crippen molar-refractivity contribution in [3.05, 3.63) is 41.7 Å². The Balaban J connectivity index is 1.67. The van der Waals surface area contributed by atoms with E-state index in [1.165, 1.54) is 27.8 Å². The summed E-state index contributed by atoms with van der Waals surface area (Å²) in [6.45, 7) is 3.92. The summed E-state index contributed by atoms with van der Waals surface area (Å²) < 4.78 is 40.2. The highest BCUT2D eigenvalue weighted by atomic mass is 32.2. The van der Waals surface area contributed by atoms with Crippen LogP contribution < -0.4 is 10.6 Å². The van der Waals surface area contributed by atoms with Crippen molar-refractivity contribution in [2.75, 3.05) is 18.4 Å². The first-order chi connectivity index (χ1) is 14.7. The Labute approximate surface area is 184 Å². The van der Waals surface area contributed by atoms with E-state index in [4.69, 9.17) is 0 Å². The lowest BCUT2D eigenvalue weighted by atomic mass is 9.96. The number of hydrogen-bond donors (Lipinski definition) is 2. The number of carbonyl (C=O) groups excluding carboxylic acids is 2. The quantitative estimate of drug-likeness (QED) is 0.649. The Kier molecular flexibility index (Phi) is 7.39. The third-order valence-electron chi connectivity index (χ3n) is 5.12. The highest BCUT2D eigenvalue weighted by molar-refractivity contribution is 7.89. The Morgan fingerprint density at radius 3 is 2.58 bits per heavy atom. The molecule has 1 aliphatic heterocycles. The molecule has 11 heteroatoms. The van der Waals surface area contributed by atoms with Crippen LogP contribution in [0.25, 0.3) is 0 Å². The summed E-state index contributed by atoms with van der Waals surface area (Å²) in [5, 5.41) is 7.64. The average molecular weight is 469 g/mol. The molecule has 2 aromatic rings. The van der Waals surface area contributed by atoms with Crippen molar-refractivity contribution >= 4 is 38.3 Å². The molecule has 0 radical (unpaired) electrons. The van der Waals surface area contributed by atoms with Gasteiger partial charge in [-0.05, 0) is 43.0 Å². The van der Waals surface area contributed by atoms with Gasteiger partial charge in [-0.15, -0.1) is 11.3 Å². The molecule has 1 aromatic carbocycles. The van der Waals surface area contributed by atoms with Gasteiger partial charge in [-0.3, -0.25) is 9.59 Å². The van der Waals surface area contributed by atoms with Gasteiger partial charge in [0, 0.05) is 24.7 Å². The van der Waals surface area contributed by atoms with Crippen LogP contribution in [0.2, 0.25) is 0 Å². The smallest absolute Gasteiger partial charge is 0.248 e. The molecule has 1 aliphatic rings. The van der Waals surface area contributed by atoms with E-state index >= 15 is 0 Å². The van der Waals surface area contributed by atoms with Crippen LogP contribution in [-0.4, -0.2) is 48.7 Å². The number of halogens is 1. The number of carbonyl (C=O) groups is 2. The lowest BCUT2D eigenvalue weighted by Crippen LogP contribution is -2.52. The molecule has 2 unspecified atom stereocenters. The van der Waals surface area contributed by atoms with Crippen LogP contribution in [0.1, 0.15) is 26.7 Å². The summed E-state index contributed by atoms with van der Waals surface area (Å²) in [4.78, 5) is 29.5. The van der Waals surface area contributed by atoms with E-state index in [1.807, 2.05) is 13.8 Å². The second kappa shape index (κ2) is 9.84. The molecule has 1 fully saturated rings. The van der Waals surface area contributed by atoms with Gasteiger partial charge in [-0.2, -0.15) is 4.31 Å². The van der Waals surface area contributed by atoms with Gasteiger partial charge in [0.25, 0.3) is 0 Å². The molecule has 0 spiro atoms. The third kappa shape index (κ3) is 5.66. The minimum Gasteiger partial charge on any atom is -0.344 e. The van der Waals surface area contributed by atoms with Crippen molar-refractivity contribution in [2.45, 2.75) is 37.6 Å². The molecule has 1 saturated heterocycles. The van der Waals surface area contributed by atoms with Gasteiger partial charge in [0.15, 0.2) is 5.13 Å². The van der Waals surface area contributed by atoms with Crippen molar-refractivity contribution in [1.82, 2.24) is 14.6 Å². The normalized spacial score (nSPS) is 18.5. The largest absolute Gasteiger partial charge is 0.344 e. The summed E-state index contributed by atoms with van der Waals surface area (Å²) in [5.41, 5.74) is 0. The number of hydrogen-bond acceptors (Lipinski definition) is 6. The molecule has 0 bridgehead atoms. The number of piperidine rings is 1. The molecule has 0 saturated carbocycles. The van der Waals surface area contributed by atoms with Gasteiger partial charge >= 0.3 is 0 Å². The predicted molar refractivity (Wildman–Crippen MR) is 115 cm³/mol. The van der Waals surface area contributed by atoms with Crippen molar-refractivity contribution in [3.63, 3.8) is 0 Å². The second-order valence-electron chi connectivity index (χ2n) is 7.71. The lowest BCUT2D eigenvalue weighted by molar-refractivity contribution is -0.130. The number of benzene rings is 1. The van der Waals surface area contributed by atoms with Gasteiger partial charge in [0.05, 0.1) is 10.8 Å². The Morgan fingerprint density at radius 2 is 1.97 bits per heavy atom. The van der Waals surface area contributed by atoms with Gasteiger partial charge in [0.2, 0.25) is 21.8 Å². The summed E-state index contributed by atoms with van der Waals surface area (Å²) >= 11 is 1.28. The monoisotopic (exact) mass is 468 g/mol. The Bertz CT molecular complexity index is 1010. The molecular weight excluding hydrogens is 443 g/mol. The van der Waals surface area contributed by atoms with Gasteiger partial charge in [-0.1, -0.05) is 13.8 Å². The number of sulfonamides is 1. The minimum absolute atomic E-state index is 0.00442. The van der Waals surface area contributed by atoms with Gasteiger partial charge < -0.3 is 10.6 Å². The summed E-state index contributed by atoms with van der Waals surface area (Å²) in [6, 6.07) is 3.84. The predicted octanol–water partition coefficient (Wildman–Crippen LogP) is 2.46. The number of nitrogens with zero attached hydrogens (tertiary/aromatic N) is 2. The molecular formula is C20H25FN4O4S2. The summed E-state index contributed by atoms with van der Waals surface area (Å²) in [6.07, 6.45) is 2.60. The number of thiazole rings is 1. The van der Waals surface area contributed by atoms with Crippen LogP contribution >= 0.6 is 11.3 Å². The molecule has 1 aromatic heterocycles. The highest BCUT2D eigenvalue weighted by Gasteiger charge is 2.35. The van der Waals surface area contributed by atoms with E-state index in [-0.39, 0.29) is 35.7 Å². The van der Waals surface area contributed by atoms with E-state index < -0.39 is 27.8 Å². The fourth-order valence-corrected chi connectivity index (χ4v) is 5.46. The van der Waals surface area contributed by atoms with Crippen molar-refractivity contribution in [2.24, 2.45) is 11.8 Å². The fraction of sp³-hybridized carbons (Fsp3) is 0.450. The number of rotatable bonds is 7. The summed E-state index contributed by atoms with van der Waals surface area (Å²) in [7, 11) is -3.84. The third-order valence-corrected chi connectivity index (χ3v) is 7.68. The molecule has 0 aliphatic carbocycles. The van der Waals surface area contributed by atoms with Gasteiger partial charge in [-0.25, -0.2) is 17.8 Å². The molecule has 2 heterocycles. The number of anilines is 1. The first-order valence-electron chi connectivity index (χ1n) is 9.95. The Hall–Kier alpha value is -2.37. The lowest BCUT2D eigenvalue weighted by Gasteiger charge is -2.32. The standard InChI is InChI=1S/C20H25FN4O4S2/c1-13(2)17(19(27)24-20-22-9-11-30-20)23-18(26)14-4-3-10-25(12-14)31(28,29)16-7-5-15(21)6-8-16/h5-9,11,13-14,17H,3-4,10,12H2,1-2H3,(H,23,26)(H,22,24,27). The van der Waals surface area contributed by atoms with E-state index in [0.717, 1.165) is 12.1 Å². The zero-order valence-electron chi connectivity index (χ0n) is 17.2. The maximum atomic E-state index is 13.2. The first kappa shape index (κ1) is 23.3.